The van der Waals surface area contributed by atoms with E-state index >= 15 is 0 Å². The monoisotopic (exact) mass is 471 g/mol. The van der Waals surface area contributed by atoms with Gasteiger partial charge in [0.15, 0.2) is 5.96 Å². The lowest BCUT2D eigenvalue weighted by atomic mass is 9.50. The van der Waals surface area contributed by atoms with Crippen molar-refractivity contribution < 1.29 is 10.2 Å². The van der Waals surface area contributed by atoms with E-state index in [0.29, 0.717) is 11.8 Å². The highest BCUT2D eigenvalue weighted by Crippen LogP contribution is 2.56. The molecule has 0 aromatic heterocycles. The number of aromatic hydroxyl groups is 1. The molecule has 0 saturated heterocycles. The Hall–Kier alpha value is -1.83. The summed E-state index contributed by atoms with van der Waals surface area (Å²) in [7, 11) is 0. The largest absolute Gasteiger partial charge is 0.508 e. The number of phenolic OH excluding ortho intramolecular Hbond substituents is 1. The minimum absolute atomic E-state index is 0.0287. The van der Waals surface area contributed by atoms with Crippen LogP contribution in [0.3, 0.4) is 0 Å². The first-order valence-electron chi connectivity index (χ1n) is 13.4. The molecule has 0 heterocycles. The predicted octanol–water partition coefficient (Wildman–Crippen LogP) is 2.83. The number of nitrogens with zero attached hydrogens (tertiary/aromatic N) is 1. The first-order valence-corrected chi connectivity index (χ1v) is 13.4. The van der Waals surface area contributed by atoms with Gasteiger partial charge in [0.2, 0.25) is 0 Å². The quantitative estimate of drug-likeness (QED) is 0.168. The van der Waals surface area contributed by atoms with Crippen LogP contribution >= 0.6 is 0 Å². The van der Waals surface area contributed by atoms with Crippen LogP contribution in [0, 0.1) is 11.3 Å². The number of phenols is 1. The third-order valence-electron chi connectivity index (χ3n) is 8.86. The van der Waals surface area contributed by atoms with Crippen molar-refractivity contribution in [3.8, 4) is 5.75 Å². The molecule has 7 N–H and O–H groups in total. The summed E-state index contributed by atoms with van der Waals surface area (Å²) in [6.45, 7) is 8.15. The van der Waals surface area contributed by atoms with Crippen molar-refractivity contribution in [1.82, 2.24) is 15.5 Å². The fourth-order valence-corrected chi connectivity index (χ4v) is 6.86. The van der Waals surface area contributed by atoms with Gasteiger partial charge in [0.05, 0.1) is 5.60 Å². The van der Waals surface area contributed by atoms with Crippen LogP contribution in [0.5, 0.6) is 5.75 Å². The zero-order valence-corrected chi connectivity index (χ0v) is 21.1. The number of fused-ring (bicyclic) bond motifs is 3. The molecule has 2 fully saturated rings. The first-order chi connectivity index (χ1) is 16.3. The van der Waals surface area contributed by atoms with E-state index in [2.05, 4.69) is 35.4 Å². The van der Waals surface area contributed by atoms with Crippen molar-refractivity contribution in [3.05, 3.63) is 29.3 Å². The van der Waals surface area contributed by atoms with Gasteiger partial charge in [-0.25, -0.2) is 0 Å². The summed E-state index contributed by atoms with van der Waals surface area (Å²) in [5, 5.41) is 36.9. The van der Waals surface area contributed by atoms with E-state index in [1.54, 1.807) is 0 Å². The molecule has 1 aromatic rings. The molecular formula is C27H45N5O2. The number of rotatable bonds is 11. The van der Waals surface area contributed by atoms with Crippen LogP contribution in [0.25, 0.3) is 0 Å². The molecular weight excluding hydrogens is 426 g/mol. The smallest absolute Gasteiger partial charge is 0.185 e. The van der Waals surface area contributed by atoms with Gasteiger partial charge in [-0.05, 0) is 100 Å². The van der Waals surface area contributed by atoms with E-state index in [4.69, 9.17) is 11.1 Å². The van der Waals surface area contributed by atoms with E-state index in [0.717, 1.165) is 82.6 Å². The molecule has 0 spiro atoms. The molecule has 0 unspecified atom stereocenters. The summed E-state index contributed by atoms with van der Waals surface area (Å²) >= 11 is 0. The molecule has 3 aliphatic rings. The summed E-state index contributed by atoms with van der Waals surface area (Å²) in [6.07, 6.45) is 8.98. The van der Waals surface area contributed by atoms with Gasteiger partial charge in [-0.15, -0.1) is 0 Å². The predicted molar refractivity (Wildman–Crippen MR) is 137 cm³/mol. The number of hydrogen-bond acceptors (Lipinski definition) is 5. The third kappa shape index (κ3) is 4.93. The highest BCUT2D eigenvalue weighted by molar-refractivity contribution is 5.74. The van der Waals surface area contributed by atoms with Gasteiger partial charge in [0.1, 0.15) is 5.75 Å². The average molecular weight is 472 g/mol. The van der Waals surface area contributed by atoms with E-state index in [1.807, 2.05) is 12.1 Å². The third-order valence-corrected chi connectivity index (χ3v) is 8.86. The normalized spacial score (nSPS) is 30.6. The number of unbranched alkanes of at least 4 members (excludes halogenated alkanes) is 1. The van der Waals surface area contributed by atoms with Crippen LogP contribution in [-0.4, -0.2) is 64.9 Å². The molecule has 34 heavy (non-hydrogen) atoms. The van der Waals surface area contributed by atoms with Crippen LogP contribution in [0.1, 0.15) is 76.3 Å². The molecule has 190 valence electrons. The second-order valence-corrected chi connectivity index (χ2v) is 10.9. The van der Waals surface area contributed by atoms with Crippen molar-refractivity contribution in [3.63, 3.8) is 0 Å². The number of aliphatic hydroxyl groups is 1. The molecule has 3 aliphatic carbocycles. The molecule has 1 aromatic carbocycles. The van der Waals surface area contributed by atoms with E-state index in [-0.39, 0.29) is 17.4 Å². The summed E-state index contributed by atoms with van der Waals surface area (Å²) in [4.78, 5) is 2.56. The Balaban J connectivity index is 1.56. The molecule has 4 rings (SSSR count). The highest BCUT2D eigenvalue weighted by Gasteiger charge is 2.61. The zero-order valence-electron chi connectivity index (χ0n) is 21.1. The molecule has 7 nitrogen and oxygen atoms in total. The Morgan fingerprint density at radius 3 is 2.65 bits per heavy atom. The summed E-state index contributed by atoms with van der Waals surface area (Å²) < 4.78 is 0. The van der Waals surface area contributed by atoms with Crippen molar-refractivity contribution in [2.45, 2.75) is 94.7 Å². The fraction of sp³-hybridized carbons (Fsp3) is 0.741. The van der Waals surface area contributed by atoms with Gasteiger partial charge in [-0.3, -0.25) is 10.3 Å². The van der Waals surface area contributed by atoms with Crippen LogP contribution in [0.4, 0.5) is 0 Å². The molecule has 0 bridgehead atoms. The Bertz CT molecular complexity index is 859. The Labute approximate surface area is 205 Å². The number of likely N-dealkylation sites (N-methyl/N-ethyl adjacent to an activating group) is 1. The van der Waals surface area contributed by atoms with Crippen LogP contribution in [0.15, 0.2) is 18.2 Å². The molecule has 4 atom stereocenters. The maximum absolute atomic E-state index is 12.6. The lowest BCUT2D eigenvalue weighted by Gasteiger charge is -2.61. The second kappa shape index (κ2) is 10.4. The molecule has 0 amide bonds. The topological polar surface area (TPSA) is 118 Å². The lowest BCUT2D eigenvalue weighted by Crippen LogP contribution is -2.70. The van der Waals surface area contributed by atoms with Crippen LogP contribution < -0.4 is 16.4 Å². The minimum Gasteiger partial charge on any atom is -0.508 e. The highest BCUT2D eigenvalue weighted by atomic mass is 16.3. The summed E-state index contributed by atoms with van der Waals surface area (Å²) in [6, 6.07) is 6.31. The standard InChI is InChI=1S/C27H45N5O2/c1-3-26-17-21(30-13-5-6-14-31-25(28)29)11-12-27(26,34)24(32(4-2)18-19-7-8-19)15-20-9-10-22(33)16-23(20)26/h9-10,16,19,21,24,30,33-34H,3-8,11-15,17-18H2,1-2H3,(H4,28,29,31)/t21-,24-,26-,27-/m1/s1. The van der Waals surface area contributed by atoms with Gasteiger partial charge in [0, 0.05) is 30.6 Å². The summed E-state index contributed by atoms with van der Waals surface area (Å²) in [5.41, 5.74) is 6.65. The fourth-order valence-electron chi connectivity index (χ4n) is 6.86. The molecule has 2 saturated carbocycles. The van der Waals surface area contributed by atoms with Gasteiger partial charge < -0.3 is 26.6 Å². The van der Waals surface area contributed by atoms with Crippen molar-refractivity contribution in [2.24, 2.45) is 11.7 Å². The van der Waals surface area contributed by atoms with Crippen molar-refractivity contribution >= 4 is 5.96 Å². The number of nitrogens with one attached hydrogen (secondary N) is 3. The van der Waals surface area contributed by atoms with Crippen LogP contribution in [-0.2, 0) is 11.8 Å². The molecule has 0 aliphatic heterocycles. The van der Waals surface area contributed by atoms with Gasteiger partial charge >= 0.3 is 0 Å². The lowest BCUT2D eigenvalue weighted by molar-refractivity contribution is -0.142. The number of guanidine groups is 1. The number of benzene rings is 1. The zero-order chi connectivity index (χ0) is 24.3. The Morgan fingerprint density at radius 1 is 1.21 bits per heavy atom. The molecule has 7 heteroatoms. The van der Waals surface area contributed by atoms with Crippen LogP contribution in [0.2, 0.25) is 0 Å². The summed E-state index contributed by atoms with van der Waals surface area (Å²) in [5.74, 6) is 1.11. The van der Waals surface area contributed by atoms with Gasteiger partial charge in [0.25, 0.3) is 0 Å². The van der Waals surface area contributed by atoms with Crippen molar-refractivity contribution in [2.75, 3.05) is 26.2 Å². The Morgan fingerprint density at radius 2 is 1.97 bits per heavy atom. The number of hydrogen-bond donors (Lipinski definition) is 6. The average Bonchev–Trinajstić information content (AvgIpc) is 3.64. The minimum atomic E-state index is -0.795. The first kappa shape index (κ1) is 25.3. The molecule has 0 radical (unpaired) electrons. The second-order valence-electron chi connectivity index (χ2n) is 10.9. The Kier molecular flexibility index (Phi) is 7.75. The van der Waals surface area contributed by atoms with Gasteiger partial charge in [-0.1, -0.05) is 19.9 Å². The van der Waals surface area contributed by atoms with E-state index in [1.165, 1.54) is 18.4 Å². The maximum Gasteiger partial charge on any atom is 0.185 e. The van der Waals surface area contributed by atoms with E-state index in [9.17, 15) is 10.2 Å². The maximum atomic E-state index is 12.6. The SMILES string of the molecule is CCN(CC1CC1)[C@@H]1Cc2ccc(O)cc2[C@@]2(CC)C[C@H](NCCCCNC(=N)N)CC[C@@]12O. The van der Waals surface area contributed by atoms with Crippen molar-refractivity contribution in [1.29, 1.82) is 5.41 Å². The number of nitrogens with two attached hydrogens (primary N) is 1. The van der Waals surface area contributed by atoms with Gasteiger partial charge in [-0.2, -0.15) is 0 Å². The van der Waals surface area contributed by atoms with E-state index < -0.39 is 5.60 Å².